The first-order chi connectivity index (χ1) is 10.7. The maximum Gasteiger partial charge on any atom is 0.163 e. The third kappa shape index (κ3) is 2.93. The number of hydrogen-bond acceptors (Lipinski definition) is 6. The quantitative estimate of drug-likeness (QED) is 0.911. The predicted octanol–water partition coefficient (Wildman–Crippen LogP) is 2.23. The number of nitrogens with zero attached hydrogens (tertiary/aromatic N) is 4. The van der Waals surface area contributed by atoms with Gasteiger partial charge in [-0.05, 0) is 42.7 Å². The minimum Gasteiger partial charge on any atom is -0.504 e. The number of ether oxygens (including phenoxy) is 1. The van der Waals surface area contributed by atoms with Crippen LogP contribution in [-0.2, 0) is 6.54 Å². The SMILES string of the molecule is COc1cc(CN(c2ccc(C#N)nn2)C2CC2)ccc1O. The molecule has 1 N–H and O–H groups in total. The smallest absolute Gasteiger partial charge is 0.163 e. The number of aromatic nitrogens is 2. The third-order valence-electron chi connectivity index (χ3n) is 3.64. The molecule has 6 heteroatoms. The molecule has 1 aliphatic rings. The fourth-order valence-electron chi connectivity index (χ4n) is 2.34. The van der Waals surface area contributed by atoms with Crippen molar-refractivity contribution in [2.45, 2.75) is 25.4 Å². The van der Waals surface area contributed by atoms with Crippen LogP contribution < -0.4 is 9.64 Å². The fraction of sp³-hybridized carbons (Fsp3) is 0.312. The monoisotopic (exact) mass is 296 g/mol. The zero-order chi connectivity index (χ0) is 15.5. The number of phenols is 1. The summed E-state index contributed by atoms with van der Waals surface area (Å²) in [4.78, 5) is 2.17. The van der Waals surface area contributed by atoms with Gasteiger partial charge in [-0.2, -0.15) is 5.26 Å². The largest absolute Gasteiger partial charge is 0.504 e. The van der Waals surface area contributed by atoms with E-state index in [0.717, 1.165) is 24.2 Å². The number of rotatable bonds is 5. The standard InChI is InChI=1S/C16H16N4O2/c1-22-15-8-11(2-6-14(15)21)10-20(13-4-5-13)16-7-3-12(9-17)18-19-16/h2-3,6-8,13,21H,4-5,10H2,1H3. The molecular weight excluding hydrogens is 280 g/mol. The number of phenolic OH excluding ortho intramolecular Hbond substituents is 1. The number of anilines is 1. The second kappa shape index (κ2) is 5.90. The topological polar surface area (TPSA) is 82.3 Å². The average molecular weight is 296 g/mol. The molecule has 0 unspecified atom stereocenters. The molecule has 2 aromatic rings. The van der Waals surface area contributed by atoms with Crippen LogP contribution in [-0.4, -0.2) is 28.5 Å². The Balaban J connectivity index is 1.84. The van der Waals surface area contributed by atoms with E-state index in [2.05, 4.69) is 15.1 Å². The Morgan fingerprint density at radius 1 is 1.32 bits per heavy atom. The summed E-state index contributed by atoms with van der Waals surface area (Å²) in [6.07, 6.45) is 2.24. The molecule has 6 nitrogen and oxygen atoms in total. The highest BCUT2D eigenvalue weighted by Gasteiger charge is 2.30. The Hall–Kier alpha value is -2.81. The number of hydrogen-bond donors (Lipinski definition) is 1. The Morgan fingerprint density at radius 3 is 2.73 bits per heavy atom. The summed E-state index contributed by atoms with van der Waals surface area (Å²) in [5.41, 5.74) is 1.33. The summed E-state index contributed by atoms with van der Waals surface area (Å²) >= 11 is 0. The number of aromatic hydroxyl groups is 1. The molecule has 1 fully saturated rings. The average Bonchev–Trinajstić information content (AvgIpc) is 3.39. The summed E-state index contributed by atoms with van der Waals surface area (Å²) in [5, 5.41) is 26.5. The zero-order valence-electron chi connectivity index (χ0n) is 12.2. The Bertz CT molecular complexity index is 705. The van der Waals surface area contributed by atoms with Crippen LogP contribution in [0.3, 0.4) is 0 Å². The number of nitriles is 1. The van der Waals surface area contributed by atoms with E-state index in [1.807, 2.05) is 24.3 Å². The van der Waals surface area contributed by atoms with Gasteiger partial charge in [0.1, 0.15) is 6.07 Å². The van der Waals surface area contributed by atoms with Crippen molar-refractivity contribution in [3.8, 4) is 17.6 Å². The van der Waals surface area contributed by atoms with Gasteiger partial charge in [0.05, 0.1) is 7.11 Å². The highest BCUT2D eigenvalue weighted by atomic mass is 16.5. The van der Waals surface area contributed by atoms with Gasteiger partial charge >= 0.3 is 0 Å². The molecule has 1 aromatic heterocycles. The first-order valence-electron chi connectivity index (χ1n) is 7.07. The van der Waals surface area contributed by atoms with Crippen molar-refractivity contribution in [2.24, 2.45) is 0 Å². The summed E-state index contributed by atoms with van der Waals surface area (Å²) in [5.74, 6) is 1.34. The van der Waals surface area contributed by atoms with Gasteiger partial charge in [-0.3, -0.25) is 0 Å². The maximum atomic E-state index is 9.67. The summed E-state index contributed by atoms with van der Waals surface area (Å²) in [7, 11) is 1.53. The van der Waals surface area contributed by atoms with Crippen LogP contribution in [0.1, 0.15) is 24.1 Å². The minimum absolute atomic E-state index is 0.127. The lowest BCUT2D eigenvalue weighted by molar-refractivity contribution is 0.373. The zero-order valence-corrected chi connectivity index (χ0v) is 12.2. The first-order valence-corrected chi connectivity index (χ1v) is 7.07. The van der Waals surface area contributed by atoms with Crippen molar-refractivity contribution in [3.63, 3.8) is 0 Å². The maximum absolute atomic E-state index is 9.67. The molecule has 0 aliphatic heterocycles. The molecule has 22 heavy (non-hydrogen) atoms. The predicted molar refractivity (Wildman–Crippen MR) is 80.6 cm³/mol. The first kappa shape index (κ1) is 14.1. The van der Waals surface area contributed by atoms with Gasteiger partial charge in [-0.1, -0.05) is 6.07 Å². The number of methoxy groups -OCH3 is 1. The van der Waals surface area contributed by atoms with E-state index in [4.69, 9.17) is 10.00 Å². The molecule has 1 saturated carbocycles. The highest BCUT2D eigenvalue weighted by Crippen LogP contribution is 2.33. The van der Waals surface area contributed by atoms with Crippen LogP contribution in [0.25, 0.3) is 0 Å². The second-order valence-electron chi connectivity index (χ2n) is 5.25. The van der Waals surface area contributed by atoms with Gasteiger partial charge in [0, 0.05) is 12.6 Å². The molecule has 0 spiro atoms. The third-order valence-corrected chi connectivity index (χ3v) is 3.64. The summed E-state index contributed by atoms with van der Waals surface area (Å²) < 4.78 is 5.15. The molecule has 1 aliphatic carbocycles. The van der Waals surface area contributed by atoms with Gasteiger partial charge in [-0.15, -0.1) is 10.2 Å². The molecule has 3 rings (SSSR count). The van der Waals surface area contributed by atoms with Crippen molar-refractivity contribution >= 4 is 5.82 Å². The van der Waals surface area contributed by atoms with E-state index in [0.29, 0.717) is 24.0 Å². The van der Waals surface area contributed by atoms with Crippen LogP contribution in [0.15, 0.2) is 30.3 Å². The fourth-order valence-corrected chi connectivity index (χ4v) is 2.34. The van der Waals surface area contributed by atoms with E-state index in [1.54, 1.807) is 12.1 Å². The lowest BCUT2D eigenvalue weighted by Crippen LogP contribution is -2.26. The van der Waals surface area contributed by atoms with Crippen molar-refractivity contribution < 1.29 is 9.84 Å². The van der Waals surface area contributed by atoms with Crippen LogP contribution in [0.4, 0.5) is 5.82 Å². The van der Waals surface area contributed by atoms with Gasteiger partial charge in [0.15, 0.2) is 23.0 Å². The van der Waals surface area contributed by atoms with Crippen molar-refractivity contribution in [3.05, 3.63) is 41.6 Å². The van der Waals surface area contributed by atoms with Gasteiger partial charge in [-0.25, -0.2) is 0 Å². The van der Waals surface area contributed by atoms with Crippen molar-refractivity contribution in [2.75, 3.05) is 12.0 Å². The van der Waals surface area contributed by atoms with Crippen LogP contribution >= 0.6 is 0 Å². The Morgan fingerprint density at radius 2 is 2.14 bits per heavy atom. The molecule has 0 amide bonds. The van der Waals surface area contributed by atoms with Crippen molar-refractivity contribution in [1.29, 1.82) is 5.26 Å². The van der Waals surface area contributed by atoms with Crippen LogP contribution in [0.2, 0.25) is 0 Å². The van der Waals surface area contributed by atoms with Crippen LogP contribution in [0.5, 0.6) is 11.5 Å². The van der Waals surface area contributed by atoms with E-state index in [1.165, 1.54) is 7.11 Å². The summed E-state index contributed by atoms with van der Waals surface area (Å²) in [6, 6.07) is 11.2. The molecular formula is C16H16N4O2. The van der Waals surface area contributed by atoms with Gasteiger partial charge < -0.3 is 14.7 Å². The van der Waals surface area contributed by atoms with E-state index >= 15 is 0 Å². The molecule has 0 radical (unpaired) electrons. The molecule has 112 valence electrons. The normalized spacial score (nSPS) is 13.5. The van der Waals surface area contributed by atoms with E-state index in [-0.39, 0.29) is 5.75 Å². The molecule has 0 bridgehead atoms. The van der Waals surface area contributed by atoms with Crippen LogP contribution in [0, 0.1) is 11.3 Å². The van der Waals surface area contributed by atoms with Gasteiger partial charge in [0.25, 0.3) is 0 Å². The van der Waals surface area contributed by atoms with Gasteiger partial charge in [0.2, 0.25) is 0 Å². The summed E-state index contributed by atoms with van der Waals surface area (Å²) in [6.45, 7) is 0.655. The van der Waals surface area contributed by atoms with E-state index < -0.39 is 0 Å². The highest BCUT2D eigenvalue weighted by molar-refractivity contribution is 5.46. The minimum atomic E-state index is 0.127. The lowest BCUT2D eigenvalue weighted by atomic mass is 10.2. The molecule has 1 aromatic carbocycles. The lowest BCUT2D eigenvalue weighted by Gasteiger charge is -2.23. The number of benzene rings is 1. The Labute approximate surface area is 128 Å². The molecule has 1 heterocycles. The molecule has 0 saturated heterocycles. The van der Waals surface area contributed by atoms with E-state index in [9.17, 15) is 5.11 Å². The van der Waals surface area contributed by atoms with Crippen molar-refractivity contribution in [1.82, 2.24) is 10.2 Å². The second-order valence-corrected chi connectivity index (χ2v) is 5.25. The molecule has 0 atom stereocenters. The Kier molecular flexibility index (Phi) is 3.79.